The fraction of sp³-hybridized carbons (Fsp3) is 1.00. The van der Waals surface area contributed by atoms with Gasteiger partial charge in [0, 0.05) is 17.9 Å². The summed E-state index contributed by atoms with van der Waals surface area (Å²) in [6, 6.07) is 0.355. The predicted octanol–water partition coefficient (Wildman–Crippen LogP) is 2.25. The van der Waals surface area contributed by atoms with E-state index in [-0.39, 0.29) is 0 Å². The van der Waals surface area contributed by atoms with Crippen LogP contribution in [0, 0.1) is 11.3 Å². The van der Waals surface area contributed by atoms with Crippen molar-refractivity contribution < 1.29 is 5.11 Å². The molecule has 3 heteroatoms. The quantitative estimate of drug-likeness (QED) is 0.780. The molecular weight excluding hydrogens is 206 g/mol. The lowest BCUT2D eigenvalue weighted by atomic mass is 9.75. The van der Waals surface area contributed by atoms with Crippen LogP contribution in [-0.4, -0.2) is 28.8 Å². The lowest BCUT2D eigenvalue weighted by Crippen LogP contribution is -2.41. The van der Waals surface area contributed by atoms with Gasteiger partial charge < -0.3 is 10.8 Å². The van der Waals surface area contributed by atoms with Crippen molar-refractivity contribution in [2.45, 2.75) is 51.3 Å². The van der Waals surface area contributed by atoms with E-state index in [9.17, 15) is 0 Å². The Morgan fingerprint density at radius 2 is 2.20 bits per heavy atom. The van der Waals surface area contributed by atoms with E-state index in [2.05, 4.69) is 20.8 Å². The van der Waals surface area contributed by atoms with Gasteiger partial charge in [-0.05, 0) is 36.3 Å². The van der Waals surface area contributed by atoms with Crippen molar-refractivity contribution in [3.63, 3.8) is 0 Å². The summed E-state index contributed by atoms with van der Waals surface area (Å²) in [6.45, 7) is 7.05. The Kier molecular flexibility index (Phi) is 4.94. The van der Waals surface area contributed by atoms with Crippen molar-refractivity contribution in [3.8, 4) is 0 Å². The molecule has 90 valence electrons. The van der Waals surface area contributed by atoms with Crippen molar-refractivity contribution in [2.24, 2.45) is 17.1 Å². The average Bonchev–Trinajstić information content (AvgIpc) is 2.19. The molecule has 3 N–H and O–H groups in total. The summed E-state index contributed by atoms with van der Waals surface area (Å²) in [5.74, 6) is 1.43. The van der Waals surface area contributed by atoms with Crippen molar-refractivity contribution in [1.29, 1.82) is 0 Å². The van der Waals surface area contributed by atoms with Crippen LogP contribution in [0.15, 0.2) is 0 Å². The smallest absolute Gasteiger partial charge is 0.0464 e. The summed E-state index contributed by atoms with van der Waals surface area (Å²) < 4.78 is 0. The third-order valence-corrected chi connectivity index (χ3v) is 5.00. The molecule has 1 rings (SSSR count). The summed E-state index contributed by atoms with van der Waals surface area (Å²) in [5.41, 5.74) is 6.60. The normalized spacial score (nSPS) is 32.6. The first-order valence-electron chi connectivity index (χ1n) is 5.92. The molecule has 15 heavy (non-hydrogen) atoms. The molecule has 1 saturated carbocycles. The second-order valence-corrected chi connectivity index (χ2v) is 7.00. The molecule has 0 aromatic heterocycles. The van der Waals surface area contributed by atoms with Crippen molar-refractivity contribution in [3.05, 3.63) is 0 Å². The zero-order valence-electron chi connectivity index (χ0n) is 10.2. The van der Waals surface area contributed by atoms with Gasteiger partial charge in [0.25, 0.3) is 0 Å². The second-order valence-electron chi connectivity index (χ2n) is 5.73. The molecule has 0 amide bonds. The standard InChI is InChI=1S/C12H25NOS/c1-9(7-14)8-15-11-6-12(2,3)5-4-10(11)13/h9-11,14H,4-8,13H2,1-3H3. The van der Waals surface area contributed by atoms with Gasteiger partial charge in [0.1, 0.15) is 0 Å². The number of nitrogens with two attached hydrogens (primary N) is 1. The van der Waals surface area contributed by atoms with Gasteiger partial charge in [0.05, 0.1) is 0 Å². The third kappa shape index (κ3) is 4.33. The lowest BCUT2D eigenvalue weighted by Gasteiger charge is -2.39. The minimum Gasteiger partial charge on any atom is -0.396 e. The number of aliphatic hydroxyl groups is 1. The van der Waals surface area contributed by atoms with Crippen LogP contribution in [0.2, 0.25) is 0 Å². The summed E-state index contributed by atoms with van der Waals surface area (Å²) in [7, 11) is 0. The summed E-state index contributed by atoms with van der Waals surface area (Å²) in [4.78, 5) is 0. The van der Waals surface area contributed by atoms with Crippen molar-refractivity contribution >= 4 is 11.8 Å². The predicted molar refractivity (Wildman–Crippen MR) is 68.1 cm³/mol. The Morgan fingerprint density at radius 1 is 1.53 bits per heavy atom. The number of hydrogen-bond donors (Lipinski definition) is 2. The number of rotatable bonds is 4. The number of hydrogen-bond acceptors (Lipinski definition) is 3. The van der Waals surface area contributed by atoms with E-state index in [1.165, 1.54) is 12.8 Å². The van der Waals surface area contributed by atoms with Crippen LogP contribution >= 0.6 is 11.8 Å². The van der Waals surface area contributed by atoms with Gasteiger partial charge in [-0.1, -0.05) is 20.8 Å². The minimum atomic E-state index is 0.290. The Bertz CT molecular complexity index is 196. The Balaban J connectivity index is 2.38. The molecule has 0 aromatic rings. The van der Waals surface area contributed by atoms with Gasteiger partial charge in [-0.15, -0.1) is 0 Å². The summed E-state index contributed by atoms with van der Waals surface area (Å²) in [6.07, 6.45) is 3.62. The minimum absolute atomic E-state index is 0.290. The van der Waals surface area contributed by atoms with Crippen LogP contribution in [0.1, 0.15) is 40.0 Å². The molecule has 0 heterocycles. The van der Waals surface area contributed by atoms with E-state index in [1.807, 2.05) is 11.8 Å². The number of thioether (sulfide) groups is 1. The van der Waals surface area contributed by atoms with E-state index in [1.54, 1.807) is 0 Å². The molecular formula is C12H25NOS. The maximum Gasteiger partial charge on any atom is 0.0464 e. The Labute approximate surface area is 98.0 Å². The van der Waals surface area contributed by atoms with Crippen LogP contribution in [0.5, 0.6) is 0 Å². The first kappa shape index (κ1) is 13.3. The molecule has 3 unspecified atom stereocenters. The molecule has 0 bridgehead atoms. The second kappa shape index (κ2) is 5.55. The summed E-state index contributed by atoms with van der Waals surface area (Å²) in [5, 5.41) is 9.57. The lowest BCUT2D eigenvalue weighted by molar-refractivity contribution is 0.231. The van der Waals surface area contributed by atoms with Crippen LogP contribution < -0.4 is 5.73 Å². The topological polar surface area (TPSA) is 46.2 Å². The largest absolute Gasteiger partial charge is 0.396 e. The van der Waals surface area contributed by atoms with Gasteiger partial charge in [0.2, 0.25) is 0 Å². The van der Waals surface area contributed by atoms with Crippen molar-refractivity contribution in [2.75, 3.05) is 12.4 Å². The number of aliphatic hydroxyl groups excluding tert-OH is 1. The molecule has 0 radical (unpaired) electrons. The Hall–Kier alpha value is 0.270. The highest BCUT2D eigenvalue weighted by Crippen LogP contribution is 2.40. The van der Waals surface area contributed by atoms with E-state index < -0.39 is 0 Å². The van der Waals surface area contributed by atoms with Crippen LogP contribution in [-0.2, 0) is 0 Å². The molecule has 2 nitrogen and oxygen atoms in total. The highest BCUT2D eigenvalue weighted by Gasteiger charge is 2.33. The Morgan fingerprint density at radius 3 is 2.80 bits per heavy atom. The zero-order valence-corrected chi connectivity index (χ0v) is 11.0. The maximum absolute atomic E-state index is 8.99. The van der Waals surface area contributed by atoms with Gasteiger partial charge in [-0.3, -0.25) is 0 Å². The zero-order chi connectivity index (χ0) is 11.5. The first-order chi connectivity index (χ1) is 6.94. The highest BCUT2D eigenvalue weighted by molar-refractivity contribution is 7.99. The summed E-state index contributed by atoms with van der Waals surface area (Å²) >= 11 is 1.96. The molecule has 0 spiro atoms. The SMILES string of the molecule is CC(CO)CSC1CC(C)(C)CCC1N. The molecule has 0 aliphatic heterocycles. The molecule has 1 aliphatic rings. The van der Waals surface area contributed by atoms with E-state index in [0.717, 1.165) is 12.2 Å². The maximum atomic E-state index is 8.99. The van der Waals surface area contributed by atoms with Gasteiger partial charge in [-0.25, -0.2) is 0 Å². The van der Waals surface area contributed by atoms with Crippen LogP contribution in [0.3, 0.4) is 0 Å². The molecule has 1 aliphatic carbocycles. The van der Waals surface area contributed by atoms with Gasteiger partial charge >= 0.3 is 0 Å². The fourth-order valence-electron chi connectivity index (χ4n) is 2.06. The molecule has 1 fully saturated rings. The van der Waals surface area contributed by atoms with Gasteiger partial charge in [0.15, 0.2) is 0 Å². The van der Waals surface area contributed by atoms with Gasteiger partial charge in [-0.2, -0.15) is 11.8 Å². The highest BCUT2D eigenvalue weighted by atomic mass is 32.2. The van der Waals surface area contributed by atoms with E-state index in [4.69, 9.17) is 10.8 Å². The molecule has 0 saturated heterocycles. The van der Waals surface area contributed by atoms with E-state index in [0.29, 0.717) is 29.2 Å². The first-order valence-corrected chi connectivity index (χ1v) is 6.97. The molecule has 3 atom stereocenters. The van der Waals surface area contributed by atoms with E-state index >= 15 is 0 Å². The average molecular weight is 231 g/mol. The van der Waals surface area contributed by atoms with Crippen LogP contribution in [0.4, 0.5) is 0 Å². The monoisotopic (exact) mass is 231 g/mol. The van der Waals surface area contributed by atoms with Crippen molar-refractivity contribution in [1.82, 2.24) is 0 Å². The fourth-order valence-corrected chi connectivity index (χ4v) is 3.70. The third-order valence-electron chi connectivity index (χ3n) is 3.29. The molecule has 0 aromatic carbocycles. The van der Waals surface area contributed by atoms with Crippen LogP contribution in [0.25, 0.3) is 0 Å².